The second-order valence-corrected chi connectivity index (χ2v) is 5.14. The van der Waals surface area contributed by atoms with Crippen LogP contribution >= 0.6 is 0 Å². The second kappa shape index (κ2) is 6.07. The molecule has 0 radical (unpaired) electrons. The number of hydrogen-bond donors (Lipinski definition) is 0. The first-order chi connectivity index (χ1) is 8.70. The van der Waals surface area contributed by atoms with Crippen molar-refractivity contribution in [2.45, 2.75) is 44.4 Å². The van der Waals surface area contributed by atoms with Crippen molar-refractivity contribution < 1.29 is 13.6 Å². The van der Waals surface area contributed by atoms with Crippen molar-refractivity contribution in [3.63, 3.8) is 0 Å². The highest BCUT2D eigenvalue weighted by Crippen LogP contribution is 2.37. The van der Waals surface area contributed by atoms with Gasteiger partial charge >= 0.3 is 0 Å². The lowest BCUT2D eigenvalue weighted by Gasteiger charge is -2.28. The van der Waals surface area contributed by atoms with Gasteiger partial charge in [0.05, 0.1) is 0 Å². The Morgan fingerprint density at radius 3 is 2.44 bits per heavy atom. The monoisotopic (exact) mass is 252 g/mol. The Bertz CT molecular complexity index is 409. The maximum atomic E-state index is 13.2. The van der Waals surface area contributed by atoms with Crippen molar-refractivity contribution in [1.29, 1.82) is 0 Å². The molecule has 0 aliphatic heterocycles. The lowest BCUT2D eigenvalue weighted by atomic mass is 9.77. The number of aldehydes is 1. The van der Waals surface area contributed by atoms with Gasteiger partial charge in [-0.3, -0.25) is 0 Å². The molecular weight excluding hydrogens is 234 g/mol. The molecule has 0 saturated heterocycles. The molecule has 0 heterocycles. The molecule has 0 atom stereocenters. The second-order valence-electron chi connectivity index (χ2n) is 5.14. The quantitative estimate of drug-likeness (QED) is 0.733. The van der Waals surface area contributed by atoms with Gasteiger partial charge in [-0.05, 0) is 61.6 Å². The zero-order valence-electron chi connectivity index (χ0n) is 10.4. The fourth-order valence-electron chi connectivity index (χ4n) is 2.85. The molecule has 18 heavy (non-hydrogen) atoms. The minimum Gasteiger partial charge on any atom is -0.303 e. The van der Waals surface area contributed by atoms with Crippen molar-refractivity contribution in [1.82, 2.24) is 0 Å². The Kier molecular flexibility index (Phi) is 4.45. The van der Waals surface area contributed by atoms with E-state index in [4.69, 9.17) is 0 Å². The number of carbonyl (C=O) groups excluding carboxylic acids is 1. The standard InChI is InChI=1S/C15H18F2O/c16-14-8-7-13(10-15(14)17)12-5-3-11(4-6-12)2-1-9-18/h7-12H,1-6H2. The maximum Gasteiger partial charge on any atom is 0.159 e. The average molecular weight is 252 g/mol. The zero-order valence-corrected chi connectivity index (χ0v) is 10.4. The topological polar surface area (TPSA) is 17.1 Å². The van der Waals surface area contributed by atoms with Crippen LogP contribution in [0.3, 0.4) is 0 Å². The molecule has 1 aromatic rings. The van der Waals surface area contributed by atoms with Crippen LogP contribution in [0.25, 0.3) is 0 Å². The normalized spacial score (nSPS) is 23.9. The van der Waals surface area contributed by atoms with E-state index in [-0.39, 0.29) is 0 Å². The Balaban J connectivity index is 1.92. The lowest BCUT2D eigenvalue weighted by molar-refractivity contribution is -0.108. The fourth-order valence-corrected chi connectivity index (χ4v) is 2.85. The number of benzene rings is 1. The van der Waals surface area contributed by atoms with Gasteiger partial charge in [-0.1, -0.05) is 6.07 Å². The Hall–Kier alpha value is -1.25. The zero-order chi connectivity index (χ0) is 13.0. The SMILES string of the molecule is O=CCCC1CCC(c2ccc(F)c(F)c2)CC1. The molecule has 0 unspecified atom stereocenters. The molecule has 0 N–H and O–H groups in total. The lowest BCUT2D eigenvalue weighted by Crippen LogP contribution is -2.13. The van der Waals surface area contributed by atoms with E-state index in [2.05, 4.69) is 0 Å². The molecule has 98 valence electrons. The van der Waals surface area contributed by atoms with Gasteiger partial charge in [-0.2, -0.15) is 0 Å². The summed E-state index contributed by atoms with van der Waals surface area (Å²) in [7, 11) is 0. The van der Waals surface area contributed by atoms with Crippen molar-refractivity contribution in [2.75, 3.05) is 0 Å². The van der Waals surface area contributed by atoms with Crippen molar-refractivity contribution in [2.24, 2.45) is 5.92 Å². The molecule has 1 saturated carbocycles. The van der Waals surface area contributed by atoms with Gasteiger partial charge in [0, 0.05) is 6.42 Å². The summed E-state index contributed by atoms with van der Waals surface area (Å²) in [6.07, 6.45) is 6.76. The van der Waals surface area contributed by atoms with E-state index in [0.717, 1.165) is 44.0 Å². The van der Waals surface area contributed by atoms with E-state index in [9.17, 15) is 13.6 Å². The highest BCUT2D eigenvalue weighted by atomic mass is 19.2. The van der Waals surface area contributed by atoms with E-state index < -0.39 is 11.6 Å². The van der Waals surface area contributed by atoms with E-state index in [1.807, 2.05) is 0 Å². The van der Waals surface area contributed by atoms with Crippen LogP contribution in [-0.2, 0) is 4.79 Å². The maximum absolute atomic E-state index is 13.2. The summed E-state index contributed by atoms with van der Waals surface area (Å²) in [6.45, 7) is 0. The van der Waals surface area contributed by atoms with Gasteiger partial charge in [0.15, 0.2) is 11.6 Å². The van der Waals surface area contributed by atoms with E-state index in [1.165, 1.54) is 12.1 Å². The van der Waals surface area contributed by atoms with Crippen LogP contribution in [-0.4, -0.2) is 6.29 Å². The van der Waals surface area contributed by atoms with Crippen LogP contribution in [0.1, 0.15) is 50.0 Å². The molecule has 1 aromatic carbocycles. The first kappa shape index (κ1) is 13.2. The number of hydrogen-bond acceptors (Lipinski definition) is 1. The minimum atomic E-state index is -0.779. The molecule has 1 aliphatic rings. The third-order valence-corrected chi connectivity index (χ3v) is 3.95. The van der Waals surface area contributed by atoms with E-state index in [1.54, 1.807) is 6.07 Å². The molecule has 1 nitrogen and oxygen atoms in total. The smallest absolute Gasteiger partial charge is 0.159 e. The summed E-state index contributed by atoms with van der Waals surface area (Å²) in [5.74, 6) is -0.571. The van der Waals surface area contributed by atoms with Crippen molar-refractivity contribution >= 4 is 6.29 Å². The molecule has 2 rings (SSSR count). The Morgan fingerprint density at radius 1 is 1.11 bits per heavy atom. The molecule has 0 bridgehead atoms. The van der Waals surface area contributed by atoms with Gasteiger partial charge in [0.25, 0.3) is 0 Å². The molecular formula is C15H18F2O. The molecule has 0 spiro atoms. The summed E-state index contributed by atoms with van der Waals surface area (Å²) in [4.78, 5) is 10.3. The predicted molar refractivity (Wildman–Crippen MR) is 66.4 cm³/mol. The highest BCUT2D eigenvalue weighted by molar-refractivity contribution is 5.49. The molecule has 1 fully saturated rings. The molecule has 0 aromatic heterocycles. The van der Waals surface area contributed by atoms with Crippen LogP contribution in [0, 0.1) is 17.6 Å². The number of carbonyl (C=O) groups is 1. The third-order valence-electron chi connectivity index (χ3n) is 3.95. The van der Waals surface area contributed by atoms with Crippen LogP contribution in [0.5, 0.6) is 0 Å². The minimum absolute atomic E-state index is 0.340. The summed E-state index contributed by atoms with van der Waals surface area (Å²) >= 11 is 0. The van der Waals surface area contributed by atoms with Crippen LogP contribution in [0.15, 0.2) is 18.2 Å². The van der Waals surface area contributed by atoms with Crippen molar-refractivity contribution in [3.8, 4) is 0 Å². The third kappa shape index (κ3) is 3.15. The van der Waals surface area contributed by atoms with Crippen LogP contribution in [0.4, 0.5) is 8.78 Å². The largest absolute Gasteiger partial charge is 0.303 e. The summed E-state index contributed by atoms with van der Waals surface area (Å²) in [5, 5.41) is 0. The Morgan fingerprint density at radius 2 is 1.83 bits per heavy atom. The summed E-state index contributed by atoms with van der Waals surface area (Å²) < 4.78 is 26.0. The predicted octanol–water partition coefficient (Wildman–Crippen LogP) is 4.22. The van der Waals surface area contributed by atoms with Gasteiger partial charge in [-0.25, -0.2) is 8.78 Å². The van der Waals surface area contributed by atoms with Gasteiger partial charge in [0.1, 0.15) is 6.29 Å². The molecule has 0 amide bonds. The average Bonchev–Trinajstić information content (AvgIpc) is 2.40. The first-order valence-corrected chi connectivity index (χ1v) is 6.59. The fraction of sp³-hybridized carbons (Fsp3) is 0.533. The van der Waals surface area contributed by atoms with Gasteiger partial charge in [0.2, 0.25) is 0 Å². The van der Waals surface area contributed by atoms with Crippen LogP contribution < -0.4 is 0 Å². The summed E-state index contributed by atoms with van der Waals surface area (Å²) in [6, 6.07) is 4.23. The Labute approximate surface area is 106 Å². The van der Waals surface area contributed by atoms with Gasteiger partial charge < -0.3 is 4.79 Å². The van der Waals surface area contributed by atoms with E-state index in [0.29, 0.717) is 18.3 Å². The van der Waals surface area contributed by atoms with E-state index >= 15 is 0 Å². The summed E-state index contributed by atoms with van der Waals surface area (Å²) in [5.41, 5.74) is 0.905. The number of halogens is 2. The highest BCUT2D eigenvalue weighted by Gasteiger charge is 2.22. The van der Waals surface area contributed by atoms with Gasteiger partial charge in [-0.15, -0.1) is 0 Å². The van der Waals surface area contributed by atoms with Crippen molar-refractivity contribution in [3.05, 3.63) is 35.4 Å². The number of rotatable bonds is 4. The van der Waals surface area contributed by atoms with Crippen LogP contribution in [0.2, 0.25) is 0 Å². The first-order valence-electron chi connectivity index (χ1n) is 6.59. The molecule has 3 heteroatoms. The molecule has 1 aliphatic carbocycles.